The summed E-state index contributed by atoms with van der Waals surface area (Å²) in [5.74, 6) is 1.53. The minimum Gasteiger partial charge on any atom is -0.435 e. The van der Waals surface area contributed by atoms with Crippen LogP contribution in [-0.2, 0) is 24.6 Å². The number of rotatable bonds is 6. The molecule has 0 amide bonds. The molecular formula is C17H21O2PS. The second-order valence-corrected chi connectivity index (χ2v) is 8.85. The molecule has 0 atom stereocenters. The molecule has 0 bridgehead atoms. The smallest absolute Gasteiger partial charge is 0.284 e. The lowest BCUT2D eigenvalue weighted by atomic mass is 10.2. The van der Waals surface area contributed by atoms with Crippen LogP contribution in [0.1, 0.15) is 25.0 Å². The lowest BCUT2D eigenvalue weighted by molar-refractivity contribution is 0.493. The molecule has 2 nitrogen and oxygen atoms in total. The van der Waals surface area contributed by atoms with Gasteiger partial charge in [-0.3, -0.25) is 0 Å². The van der Waals surface area contributed by atoms with Gasteiger partial charge in [0.2, 0.25) is 0 Å². The van der Waals surface area contributed by atoms with E-state index in [9.17, 15) is 0 Å². The zero-order valence-electron chi connectivity index (χ0n) is 12.7. The molecule has 0 aliphatic carbocycles. The zero-order chi connectivity index (χ0) is 15.3. The minimum absolute atomic E-state index is 0.767. The Balaban J connectivity index is 2.04. The predicted octanol–water partition coefficient (Wildman–Crippen LogP) is 5.21. The Morgan fingerprint density at radius 1 is 0.762 bits per heavy atom. The van der Waals surface area contributed by atoms with Crippen molar-refractivity contribution >= 4 is 18.3 Å². The number of hydrogen-bond donors (Lipinski definition) is 0. The minimum atomic E-state index is -2.35. The standard InChI is InChI=1S/C17H21O2PS/c1-4-14-6-10-16(11-7-14)18-20(3,21)19-17-12-8-15(5-2)9-13-17/h6-13H,4-5H2,1-3H3. The lowest BCUT2D eigenvalue weighted by Crippen LogP contribution is -1.99. The van der Waals surface area contributed by atoms with Gasteiger partial charge in [0.25, 0.3) is 6.49 Å². The van der Waals surface area contributed by atoms with Gasteiger partial charge in [-0.25, -0.2) is 0 Å². The van der Waals surface area contributed by atoms with E-state index in [4.69, 9.17) is 20.9 Å². The first kappa shape index (κ1) is 16.1. The Labute approximate surface area is 132 Å². The molecule has 0 fully saturated rings. The summed E-state index contributed by atoms with van der Waals surface area (Å²) in [4.78, 5) is 0. The van der Waals surface area contributed by atoms with Crippen molar-refractivity contribution in [3.05, 3.63) is 59.7 Å². The van der Waals surface area contributed by atoms with E-state index < -0.39 is 6.49 Å². The summed E-state index contributed by atoms with van der Waals surface area (Å²) in [5.41, 5.74) is 2.56. The Bertz CT molecular complexity index is 567. The Kier molecular flexibility index (Phi) is 5.44. The van der Waals surface area contributed by atoms with E-state index in [1.807, 2.05) is 30.9 Å². The fourth-order valence-electron chi connectivity index (χ4n) is 1.97. The van der Waals surface area contributed by atoms with Crippen LogP contribution >= 0.6 is 6.49 Å². The fraction of sp³-hybridized carbons (Fsp3) is 0.294. The van der Waals surface area contributed by atoms with Crippen molar-refractivity contribution in [1.82, 2.24) is 0 Å². The largest absolute Gasteiger partial charge is 0.435 e. The van der Waals surface area contributed by atoms with E-state index in [0.717, 1.165) is 24.3 Å². The molecular weight excluding hydrogens is 299 g/mol. The van der Waals surface area contributed by atoms with E-state index in [1.165, 1.54) is 11.1 Å². The molecule has 112 valence electrons. The maximum atomic E-state index is 5.87. The van der Waals surface area contributed by atoms with Crippen LogP contribution in [-0.4, -0.2) is 6.66 Å². The van der Waals surface area contributed by atoms with Crippen LogP contribution in [0, 0.1) is 0 Å². The molecule has 21 heavy (non-hydrogen) atoms. The second-order valence-electron chi connectivity index (χ2n) is 4.95. The zero-order valence-corrected chi connectivity index (χ0v) is 14.4. The third-order valence-electron chi connectivity index (χ3n) is 3.21. The van der Waals surface area contributed by atoms with Gasteiger partial charge in [0.05, 0.1) is 0 Å². The van der Waals surface area contributed by atoms with Crippen LogP contribution in [0.2, 0.25) is 0 Å². The average molecular weight is 320 g/mol. The molecule has 0 aliphatic rings. The maximum absolute atomic E-state index is 5.87. The number of hydrogen-bond acceptors (Lipinski definition) is 3. The summed E-state index contributed by atoms with van der Waals surface area (Å²) >= 11 is 5.50. The Hall–Kier alpha value is -1.31. The third-order valence-corrected chi connectivity index (χ3v) is 4.74. The lowest BCUT2D eigenvalue weighted by Gasteiger charge is -2.20. The van der Waals surface area contributed by atoms with Crippen molar-refractivity contribution in [2.45, 2.75) is 26.7 Å². The molecule has 0 heterocycles. The van der Waals surface area contributed by atoms with Gasteiger partial charge in [-0.2, -0.15) is 0 Å². The van der Waals surface area contributed by atoms with Crippen LogP contribution in [0.5, 0.6) is 11.5 Å². The summed E-state index contributed by atoms with van der Waals surface area (Å²) in [6, 6.07) is 16.0. The van der Waals surface area contributed by atoms with Crippen molar-refractivity contribution in [1.29, 1.82) is 0 Å². The Morgan fingerprint density at radius 3 is 1.38 bits per heavy atom. The third kappa shape index (κ3) is 4.87. The molecule has 4 heteroatoms. The van der Waals surface area contributed by atoms with Gasteiger partial charge in [0.15, 0.2) is 0 Å². The van der Waals surface area contributed by atoms with Crippen LogP contribution in [0.3, 0.4) is 0 Å². The van der Waals surface area contributed by atoms with E-state index in [-0.39, 0.29) is 0 Å². The highest BCUT2D eigenvalue weighted by atomic mass is 32.5. The van der Waals surface area contributed by atoms with Crippen molar-refractivity contribution in [2.24, 2.45) is 0 Å². The first-order valence-corrected chi connectivity index (χ1v) is 10.3. The van der Waals surface area contributed by atoms with E-state index >= 15 is 0 Å². The first-order valence-electron chi connectivity index (χ1n) is 7.17. The van der Waals surface area contributed by atoms with Gasteiger partial charge >= 0.3 is 0 Å². The molecule has 0 saturated carbocycles. The van der Waals surface area contributed by atoms with Crippen LogP contribution in [0.15, 0.2) is 48.5 Å². The summed E-state index contributed by atoms with van der Waals surface area (Å²) in [6.45, 7) is 3.76. The highest BCUT2D eigenvalue weighted by Crippen LogP contribution is 2.45. The van der Waals surface area contributed by atoms with Crippen LogP contribution < -0.4 is 9.05 Å². The molecule has 2 aromatic carbocycles. The molecule has 0 saturated heterocycles. The maximum Gasteiger partial charge on any atom is 0.284 e. The molecule has 2 rings (SSSR count). The quantitative estimate of drug-likeness (QED) is 0.681. The molecule has 0 spiro atoms. The topological polar surface area (TPSA) is 18.5 Å². The fourth-order valence-corrected chi connectivity index (χ4v) is 3.54. The van der Waals surface area contributed by atoms with Gasteiger partial charge in [-0.05, 0) is 60.0 Å². The average Bonchev–Trinajstić information content (AvgIpc) is 2.48. The molecule has 0 radical (unpaired) electrons. The number of benzene rings is 2. The van der Waals surface area contributed by atoms with Crippen molar-refractivity contribution < 1.29 is 9.05 Å². The number of aryl methyl sites for hydroxylation is 2. The molecule has 0 aliphatic heterocycles. The highest BCUT2D eigenvalue weighted by molar-refractivity contribution is 8.09. The van der Waals surface area contributed by atoms with Crippen molar-refractivity contribution in [3.8, 4) is 11.5 Å². The van der Waals surface area contributed by atoms with Gasteiger partial charge in [0, 0.05) is 6.66 Å². The van der Waals surface area contributed by atoms with Gasteiger partial charge in [-0.15, -0.1) is 0 Å². The first-order chi connectivity index (χ1) is 10.0. The van der Waals surface area contributed by atoms with Gasteiger partial charge < -0.3 is 9.05 Å². The summed E-state index contributed by atoms with van der Waals surface area (Å²) in [7, 11) is 0. The van der Waals surface area contributed by atoms with Gasteiger partial charge in [0.1, 0.15) is 11.5 Å². The van der Waals surface area contributed by atoms with Gasteiger partial charge in [-0.1, -0.05) is 38.1 Å². The monoisotopic (exact) mass is 320 g/mol. The molecule has 2 aromatic rings. The predicted molar refractivity (Wildman–Crippen MR) is 93.1 cm³/mol. The SMILES string of the molecule is CCc1ccc(OP(C)(=S)Oc2ccc(CC)cc2)cc1. The molecule has 0 unspecified atom stereocenters. The summed E-state index contributed by atoms with van der Waals surface area (Å²) in [6.07, 6.45) is 2.03. The summed E-state index contributed by atoms with van der Waals surface area (Å²) < 4.78 is 11.7. The highest BCUT2D eigenvalue weighted by Gasteiger charge is 2.15. The van der Waals surface area contributed by atoms with E-state index in [1.54, 1.807) is 0 Å². The second kappa shape index (κ2) is 7.11. The Morgan fingerprint density at radius 2 is 1.10 bits per heavy atom. The van der Waals surface area contributed by atoms with Crippen molar-refractivity contribution in [2.75, 3.05) is 6.66 Å². The van der Waals surface area contributed by atoms with Crippen LogP contribution in [0.4, 0.5) is 0 Å². The van der Waals surface area contributed by atoms with E-state index in [2.05, 4.69) is 38.1 Å². The molecule has 0 N–H and O–H groups in total. The van der Waals surface area contributed by atoms with Crippen LogP contribution in [0.25, 0.3) is 0 Å². The summed E-state index contributed by atoms with van der Waals surface area (Å²) in [5, 5.41) is 0. The normalized spacial score (nSPS) is 11.2. The van der Waals surface area contributed by atoms with Crippen molar-refractivity contribution in [3.63, 3.8) is 0 Å². The molecule has 0 aromatic heterocycles. The van der Waals surface area contributed by atoms with E-state index in [0.29, 0.717) is 0 Å².